The van der Waals surface area contributed by atoms with Crippen LogP contribution in [-0.4, -0.2) is 30.4 Å². The lowest BCUT2D eigenvalue weighted by Gasteiger charge is -2.14. The number of rotatable bonds is 5. The van der Waals surface area contributed by atoms with E-state index in [1.54, 1.807) is 0 Å². The number of ether oxygens (including phenoxy) is 1. The Labute approximate surface area is 123 Å². The monoisotopic (exact) mass is 299 g/mol. The Hall–Kier alpha value is -0.710. The third-order valence-electron chi connectivity index (χ3n) is 3.02. The molecule has 0 aliphatic carbocycles. The van der Waals surface area contributed by atoms with E-state index in [9.17, 15) is 4.79 Å². The van der Waals surface area contributed by atoms with Crippen LogP contribution >= 0.6 is 23.4 Å². The Morgan fingerprint density at radius 1 is 1.53 bits per heavy atom. The van der Waals surface area contributed by atoms with Gasteiger partial charge < -0.3 is 10.1 Å². The number of carbonyl (C=O) groups excluding carboxylic acids is 1. The average Bonchev–Trinajstić information content (AvgIpc) is 2.91. The van der Waals surface area contributed by atoms with Gasteiger partial charge in [-0.2, -0.15) is 0 Å². The van der Waals surface area contributed by atoms with Crippen molar-refractivity contribution in [1.82, 2.24) is 5.32 Å². The number of halogens is 1. The summed E-state index contributed by atoms with van der Waals surface area (Å²) >= 11 is 7.36. The summed E-state index contributed by atoms with van der Waals surface area (Å²) in [7, 11) is 0. The van der Waals surface area contributed by atoms with Gasteiger partial charge in [-0.25, -0.2) is 0 Å². The van der Waals surface area contributed by atoms with E-state index in [4.69, 9.17) is 16.3 Å². The van der Waals surface area contributed by atoms with E-state index in [0.717, 1.165) is 24.3 Å². The second kappa shape index (κ2) is 7.17. The van der Waals surface area contributed by atoms with Crippen molar-refractivity contribution < 1.29 is 9.53 Å². The highest BCUT2D eigenvalue weighted by atomic mass is 35.5. The molecule has 19 heavy (non-hydrogen) atoms. The Morgan fingerprint density at radius 2 is 2.26 bits per heavy atom. The molecule has 0 unspecified atom stereocenters. The van der Waals surface area contributed by atoms with Crippen molar-refractivity contribution in [1.29, 1.82) is 0 Å². The highest BCUT2D eigenvalue weighted by molar-refractivity contribution is 8.00. The summed E-state index contributed by atoms with van der Waals surface area (Å²) in [6, 6.07) is 7.52. The lowest BCUT2D eigenvalue weighted by atomic mass is 10.2. The Bertz CT molecular complexity index is 418. The first-order valence-corrected chi connectivity index (χ1v) is 7.72. The standard InChI is InChI=1S/C14H18ClNO2S/c1-10(19-13-6-4-11(15)5-7-13)14(17)16-9-12-3-2-8-18-12/h4-7,10,12H,2-3,8-9H2,1H3,(H,16,17)/t10-,12+/m1/s1. The Kier molecular flexibility index (Phi) is 5.55. The number of amides is 1. The van der Waals surface area contributed by atoms with Crippen molar-refractivity contribution in [2.24, 2.45) is 0 Å². The third-order valence-corrected chi connectivity index (χ3v) is 4.39. The largest absolute Gasteiger partial charge is 0.376 e. The van der Waals surface area contributed by atoms with Crippen LogP contribution in [0.4, 0.5) is 0 Å². The zero-order chi connectivity index (χ0) is 13.7. The van der Waals surface area contributed by atoms with Crippen LogP contribution in [0.3, 0.4) is 0 Å². The molecular formula is C14H18ClNO2S. The zero-order valence-electron chi connectivity index (χ0n) is 10.9. The first-order chi connectivity index (χ1) is 9.15. The fourth-order valence-corrected chi connectivity index (χ4v) is 2.95. The molecule has 5 heteroatoms. The summed E-state index contributed by atoms with van der Waals surface area (Å²) in [6.45, 7) is 3.34. The van der Waals surface area contributed by atoms with E-state index in [2.05, 4.69) is 5.32 Å². The van der Waals surface area contributed by atoms with Crippen molar-refractivity contribution in [3.63, 3.8) is 0 Å². The van der Waals surface area contributed by atoms with E-state index >= 15 is 0 Å². The lowest BCUT2D eigenvalue weighted by molar-refractivity contribution is -0.120. The molecule has 104 valence electrons. The molecule has 1 aliphatic heterocycles. The molecule has 2 rings (SSSR count). The van der Waals surface area contributed by atoms with Crippen molar-refractivity contribution in [2.45, 2.75) is 36.0 Å². The first-order valence-electron chi connectivity index (χ1n) is 6.46. The number of benzene rings is 1. The van der Waals surface area contributed by atoms with Gasteiger partial charge in [0, 0.05) is 23.1 Å². The molecular weight excluding hydrogens is 282 g/mol. The number of thioether (sulfide) groups is 1. The minimum Gasteiger partial charge on any atom is -0.376 e. The molecule has 1 aliphatic rings. The number of hydrogen-bond donors (Lipinski definition) is 1. The molecule has 0 aromatic heterocycles. The highest BCUT2D eigenvalue weighted by Crippen LogP contribution is 2.24. The van der Waals surface area contributed by atoms with Crippen molar-refractivity contribution in [3.05, 3.63) is 29.3 Å². The number of hydrogen-bond acceptors (Lipinski definition) is 3. The van der Waals surface area contributed by atoms with Crippen LogP contribution in [0.25, 0.3) is 0 Å². The molecule has 0 spiro atoms. The molecule has 1 saturated heterocycles. The van der Waals surface area contributed by atoms with Crippen molar-refractivity contribution in [3.8, 4) is 0 Å². The van der Waals surface area contributed by atoms with Crippen LogP contribution in [0.1, 0.15) is 19.8 Å². The highest BCUT2D eigenvalue weighted by Gasteiger charge is 2.19. The predicted molar refractivity (Wildman–Crippen MR) is 78.8 cm³/mol. The molecule has 1 amide bonds. The minimum atomic E-state index is -0.123. The van der Waals surface area contributed by atoms with Gasteiger partial charge in [0.15, 0.2) is 0 Å². The fourth-order valence-electron chi connectivity index (χ4n) is 1.93. The summed E-state index contributed by atoms with van der Waals surface area (Å²) < 4.78 is 5.48. The quantitative estimate of drug-likeness (QED) is 0.849. The maximum Gasteiger partial charge on any atom is 0.233 e. The topological polar surface area (TPSA) is 38.3 Å². The van der Waals surface area contributed by atoms with E-state index < -0.39 is 0 Å². The molecule has 2 atom stereocenters. The lowest BCUT2D eigenvalue weighted by Crippen LogP contribution is -2.36. The Morgan fingerprint density at radius 3 is 2.89 bits per heavy atom. The van der Waals surface area contributed by atoms with E-state index in [0.29, 0.717) is 11.6 Å². The molecule has 1 aromatic carbocycles. The molecule has 0 radical (unpaired) electrons. The van der Waals surface area contributed by atoms with Crippen LogP contribution in [0, 0.1) is 0 Å². The van der Waals surface area contributed by atoms with E-state index in [1.165, 1.54) is 11.8 Å². The van der Waals surface area contributed by atoms with Gasteiger partial charge in [0.1, 0.15) is 0 Å². The van der Waals surface area contributed by atoms with Crippen LogP contribution in [0.2, 0.25) is 5.02 Å². The number of carbonyl (C=O) groups is 1. The fraction of sp³-hybridized carbons (Fsp3) is 0.500. The van der Waals surface area contributed by atoms with Crippen molar-refractivity contribution in [2.75, 3.05) is 13.2 Å². The van der Waals surface area contributed by atoms with Crippen LogP contribution < -0.4 is 5.32 Å². The molecule has 1 aromatic rings. The van der Waals surface area contributed by atoms with Crippen molar-refractivity contribution >= 4 is 29.3 Å². The summed E-state index contributed by atoms with van der Waals surface area (Å²) in [5, 5.41) is 3.53. The summed E-state index contributed by atoms with van der Waals surface area (Å²) in [5.41, 5.74) is 0. The maximum absolute atomic E-state index is 12.0. The summed E-state index contributed by atoms with van der Waals surface area (Å²) in [4.78, 5) is 13.0. The van der Waals surface area contributed by atoms with E-state index in [1.807, 2.05) is 31.2 Å². The molecule has 0 bridgehead atoms. The van der Waals surface area contributed by atoms with E-state index in [-0.39, 0.29) is 17.3 Å². The SMILES string of the molecule is C[C@@H](Sc1ccc(Cl)cc1)C(=O)NC[C@@H]1CCCO1. The second-order valence-electron chi connectivity index (χ2n) is 4.59. The summed E-state index contributed by atoms with van der Waals surface area (Å²) in [5.74, 6) is 0.0513. The Balaban J connectivity index is 1.76. The first kappa shape index (κ1) is 14.7. The van der Waals surface area contributed by atoms with Gasteiger partial charge >= 0.3 is 0 Å². The van der Waals surface area contributed by atoms with Crippen LogP contribution in [-0.2, 0) is 9.53 Å². The molecule has 1 heterocycles. The molecule has 1 N–H and O–H groups in total. The summed E-state index contributed by atoms with van der Waals surface area (Å²) in [6.07, 6.45) is 2.32. The minimum absolute atomic E-state index is 0.0513. The van der Waals surface area contributed by atoms with Crippen LogP contribution in [0.5, 0.6) is 0 Å². The van der Waals surface area contributed by atoms with Gasteiger partial charge in [0.25, 0.3) is 0 Å². The second-order valence-corrected chi connectivity index (χ2v) is 6.44. The van der Waals surface area contributed by atoms with Gasteiger partial charge in [-0.1, -0.05) is 11.6 Å². The molecule has 3 nitrogen and oxygen atoms in total. The van der Waals surface area contributed by atoms with Gasteiger partial charge in [-0.3, -0.25) is 4.79 Å². The average molecular weight is 300 g/mol. The van der Waals surface area contributed by atoms with Gasteiger partial charge in [0.05, 0.1) is 11.4 Å². The third kappa shape index (κ3) is 4.71. The van der Waals surface area contributed by atoms with Crippen LogP contribution in [0.15, 0.2) is 29.2 Å². The maximum atomic E-state index is 12.0. The smallest absolute Gasteiger partial charge is 0.233 e. The van der Waals surface area contributed by atoms with Gasteiger partial charge in [-0.05, 0) is 44.0 Å². The molecule has 0 saturated carbocycles. The normalized spacial score (nSPS) is 20.2. The molecule has 1 fully saturated rings. The zero-order valence-corrected chi connectivity index (χ0v) is 12.5. The number of nitrogens with one attached hydrogen (secondary N) is 1. The van der Waals surface area contributed by atoms with Gasteiger partial charge in [-0.15, -0.1) is 11.8 Å². The van der Waals surface area contributed by atoms with Gasteiger partial charge in [0.2, 0.25) is 5.91 Å². The predicted octanol–water partition coefficient (Wildman–Crippen LogP) is 3.12.